The highest BCUT2D eigenvalue weighted by molar-refractivity contribution is 5.90. The third-order valence-electron chi connectivity index (χ3n) is 2.88. The van der Waals surface area contributed by atoms with Crippen molar-refractivity contribution >= 4 is 16.6 Å². The van der Waals surface area contributed by atoms with Crippen LogP contribution in [0.3, 0.4) is 0 Å². The van der Waals surface area contributed by atoms with E-state index in [1.165, 1.54) is 0 Å². The van der Waals surface area contributed by atoms with Crippen LogP contribution in [0.4, 0.5) is 5.69 Å². The predicted molar refractivity (Wildman–Crippen MR) is 75.5 cm³/mol. The first-order valence-electron chi connectivity index (χ1n) is 6.36. The third kappa shape index (κ3) is 3.17. The molecule has 1 unspecified atom stereocenters. The highest BCUT2D eigenvalue weighted by atomic mass is 15.1. The van der Waals surface area contributed by atoms with Gasteiger partial charge in [-0.25, -0.2) is 0 Å². The summed E-state index contributed by atoms with van der Waals surface area (Å²) in [6, 6.07) is 8.13. The zero-order valence-corrected chi connectivity index (χ0v) is 10.9. The van der Waals surface area contributed by atoms with E-state index in [-0.39, 0.29) is 6.04 Å². The lowest BCUT2D eigenvalue weighted by Gasteiger charge is -2.16. The van der Waals surface area contributed by atoms with Crippen LogP contribution in [0.15, 0.2) is 30.5 Å². The van der Waals surface area contributed by atoms with Gasteiger partial charge in [0, 0.05) is 18.0 Å². The Balaban J connectivity index is 2.08. The number of benzene rings is 1. The van der Waals surface area contributed by atoms with Crippen molar-refractivity contribution in [3.63, 3.8) is 0 Å². The number of fused-ring (bicyclic) bond motifs is 1. The molecule has 2 aromatic rings. The van der Waals surface area contributed by atoms with Crippen molar-refractivity contribution in [2.24, 2.45) is 11.7 Å². The maximum atomic E-state index is 6.07. The Labute approximate surface area is 108 Å². The van der Waals surface area contributed by atoms with Gasteiger partial charge < -0.3 is 11.1 Å². The van der Waals surface area contributed by atoms with Crippen molar-refractivity contribution in [2.45, 2.75) is 26.3 Å². The third-order valence-corrected chi connectivity index (χ3v) is 2.88. The van der Waals surface area contributed by atoms with Gasteiger partial charge in [0.1, 0.15) is 0 Å². The molecule has 1 atom stereocenters. The Morgan fingerprint density at radius 2 is 2.06 bits per heavy atom. The molecule has 0 saturated heterocycles. The van der Waals surface area contributed by atoms with E-state index in [0.29, 0.717) is 5.92 Å². The predicted octanol–water partition coefficient (Wildman–Crippen LogP) is 2.42. The fourth-order valence-corrected chi connectivity index (χ4v) is 2.08. The molecular formula is C14H20N4. The standard InChI is InChI=1S/C14H20N4/c1-10(2)7-11(15)8-16-14-9-17-18-13-6-4-3-5-12(13)14/h3-6,9-11H,7-8,15H2,1-2H3,(H,16,18). The van der Waals surface area contributed by atoms with E-state index in [1.54, 1.807) is 6.20 Å². The molecule has 2 rings (SSSR count). The maximum Gasteiger partial charge on any atom is 0.0950 e. The summed E-state index contributed by atoms with van der Waals surface area (Å²) in [6.07, 6.45) is 2.77. The van der Waals surface area contributed by atoms with E-state index < -0.39 is 0 Å². The van der Waals surface area contributed by atoms with Gasteiger partial charge in [-0.1, -0.05) is 32.0 Å². The summed E-state index contributed by atoms with van der Waals surface area (Å²) in [5.41, 5.74) is 7.97. The number of hydrogen-bond acceptors (Lipinski definition) is 4. The molecular weight excluding hydrogens is 224 g/mol. The van der Waals surface area contributed by atoms with Crippen molar-refractivity contribution in [1.29, 1.82) is 0 Å². The fourth-order valence-electron chi connectivity index (χ4n) is 2.08. The average Bonchev–Trinajstić information content (AvgIpc) is 2.35. The smallest absolute Gasteiger partial charge is 0.0950 e. The number of nitrogens with one attached hydrogen (secondary N) is 1. The summed E-state index contributed by atoms with van der Waals surface area (Å²) in [7, 11) is 0. The van der Waals surface area contributed by atoms with Gasteiger partial charge in [0.2, 0.25) is 0 Å². The molecule has 0 aliphatic rings. The lowest BCUT2D eigenvalue weighted by Crippen LogP contribution is -2.30. The average molecular weight is 244 g/mol. The summed E-state index contributed by atoms with van der Waals surface area (Å²) in [5.74, 6) is 0.620. The SMILES string of the molecule is CC(C)CC(N)CNc1cnnc2ccccc12. The number of hydrogen-bond donors (Lipinski definition) is 2. The van der Waals surface area contributed by atoms with E-state index in [0.717, 1.165) is 29.6 Å². The Morgan fingerprint density at radius 3 is 2.83 bits per heavy atom. The summed E-state index contributed by atoms with van der Waals surface area (Å²) < 4.78 is 0. The van der Waals surface area contributed by atoms with Crippen LogP contribution >= 0.6 is 0 Å². The van der Waals surface area contributed by atoms with Crippen LogP contribution in [-0.4, -0.2) is 22.8 Å². The van der Waals surface area contributed by atoms with Crippen molar-refractivity contribution in [3.05, 3.63) is 30.5 Å². The van der Waals surface area contributed by atoms with E-state index in [9.17, 15) is 0 Å². The highest BCUT2D eigenvalue weighted by Gasteiger charge is 2.07. The Hall–Kier alpha value is -1.68. The molecule has 4 heteroatoms. The van der Waals surface area contributed by atoms with Crippen LogP contribution in [0.1, 0.15) is 20.3 Å². The van der Waals surface area contributed by atoms with Gasteiger partial charge >= 0.3 is 0 Å². The first kappa shape index (κ1) is 12.8. The molecule has 1 aromatic heterocycles. The highest BCUT2D eigenvalue weighted by Crippen LogP contribution is 2.19. The van der Waals surface area contributed by atoms with Crippen molar-refractivity contribution in [2.75, 3.05) is 11.9 Å². The van der Waals surface area contributed by atoms with Crippen LogP contribution in [0.25, 0.3) is 10.9 Å². The molecule has 0 aliphatic heterocycles. The lowest BCUT2D eigenvalue weighted by molar-refractivity contribution is 0.508. The maximum absolute atomic E-state index is 6.07. The van der Waals surface area contributed by atoms with E-state index in [2.05, 4.69) is 29.4 Å². The molecule has 0 amide bonds. The molecule has 18 heavy (non-hydrogen) atoms. The number of aromatic nitrogens is 2. The second kappa shape index (κ2) is 5.78. The van der Waals surface area contributed by atoms with E-state index >= 15 is 0 Å². The first-order chi connectivity index (χ1) is 8.66. The Kier molecular flexibility index (Phi) is 4.10. The topological polar surface area (TPSA) is 63.8 Å². The van der Waals surface area contributed by atoms with Gasteiger partial charge in [0.05, 0.1) is 17.4 Å². The van der Waals surface area contributed by atoms with Crippen LogP contribution < -0.4 is 11.1 Å². The summed E-state index contributed by atoms with van der Waals surface area (Å²) >= 11 is 0. The number of nitrogens with zero attached hydrogens (tertiary/aromatic N) is 2. The number of nitrogens with two attached hydrogens (primary N) is 1. The Morgan fingerprint density at radius 1 is 1.28 bits per heavy atom. The number of anilines is 1. The second-order valence-electron chi connectivity index (χ2n) is 5.05. The molecule has 0 bridgehead atoms. The fraction of sp³-hybridized carbons (Fsp3) is 0.429. The quantitative estimate of drug-likeness (QED) is 0.847. The zero-order valence-electron chi connectivity index (χ0n) is 10.9. The van der Waals surface area contributed by atoms with Gasteiger partial charge in [-0.05, 0) is 18.4 Å². The number of rotatable bonds is 5. The molecule has 96 valence electrons. The molecule has 0 fully saturated rings. The van der Waals surface area contributed by atoms with Gasteiger partial charge in [0.15, 0.2) is 0 Å². The van der Waals surface area contributed by atoms with Crippen molar-refractivity contribution in [3.8, 4) is 0 Å². The van der Waals surface area contributed by atoms with Gasteiger partial charge in [-0.2, -0.15) is 10.2 Å². The zero-order chi connectivity index (χ0) is 13.0. The minimum Gasteiger partial charge on any atom is -0.382 e. The van der Waals surface area contributed by atoms with Gasteiger partial charge in [-0.3, -0.25) is 0 Å². The molecule has 0 spiro atoms. The molecule has 1 aromatic carbocycles. The van der Waals surface area contributed by atoms with Crippen LogP contribution in [0.5, 0.6) is 0 Å². The van der Waals surface area contributed by atoms with Gasteiger partial charge in [0.25, 0.3) is 0 Å². The summed E-state index contributed by atoms with van der Waals surface area (Å²) in [4.78, 5) is 0. The van der Waals surface area contributed by atoms with E-state index in [1.807, 2.05) is 24.3 Å². The van der Waals surface area contributed by atoms with Crippen molar-refractivity contribution in [1.82, 2.24) is 10.2 Å². The van der Waals surface area contributed by atoms with Crippen LogP contribution in [-0.2, 0) is 0 Å². The molecule has 3 N–H and O–H groups in total. The molecule has 1 heterocycles. The van der Waals surface area contributed by atoms with Crippen LogP contribution in [0.2, 0.25) is 0 Å². The second-order valence-corrected chi connectivity index (χ2v) is 5.05. The first-order valence-corrected chi connectivity index (χ1v) is 6.36. The van der Waals surface area contributed by atoms with E-state index in [4.69, 9.17) is 5.73 Å². The molecule has 0 aliphatic carbocycles. The summed E-state index contributed by atoms with van der Waals surface area (Å²) in [6.45, 7) is 5.13. The minimum absolute atomic E-state index is 0.164. The molecule has 4 nitrogen and oxygen atoms in total. The van der Waals surface area contributed by atoms with Gasteiger partial charge in [-0.15, -0.1) is 0 Å². The molecule has 0 saturated carbocycles. The lowest BCUT2D eigenvalue weighted by atomic mass is 10.0. The summed E-state index contributed by atoms with van der Waals surface area (Å²) in [5, 5.41) is 12.5. The largest absolute Gasteiger partial charge is 0.382 e. The molecule has 0 radical (unpaired) electrons. The minimum atomic E-state index is 0.164. The monoisotopic (exact) mass is 244 g/mol. The van der Waals surface area contributed by atoms with Crippen molar-refractivity contribution < 1.29 is 0 Å². The Bertz CT molecular complexity index is 505. The normalized spacial score (nSPS) is 12.9. The van der Waals surface area contributed by atoms with Crippen LogP contribution in [0, 0.1) is 5.92 Å².